The van der Waals surface area contributed by atoms with Crippen LogP contribution in [0.1, 0.15) is 11.1 Å². The Hall–Kier alpha value is -2.56. The molecule has 2 heterocycles. The molecular formula is C18H16N2O2. The Balaban J connectivity index is 1.82. The Bertz CT molecular complexity index is 867. The molecule has 1 aromatic heterocycles. The van der Waals surface area contributed by atoms with Gasteiger partial charge >= 0.3 is 0 Å². The Labute approximate surface area is 128 Å². The maximum Gasteiger partial charge on any atom is 0.239 e. The quantitative estimate of drug-likeness (QED) is 0.763. The standard InChI is InChI=1S/C18H16N2O2/c1-20-12-15(14-9-5-6-10-17(14)20)16-11-18(21,22-19-16)13-7-3-2-4-8-13/h2-12,19,21H,1H3. The highest BCUT2D eigenvalue weighted by molar-refractivity contribution is 5.93. The van der Waals surface area contributed by atoms with Gasteiger partial charge in [-0.05, 0) is 6.07 Å². The first-order chi connectivity index (χ1) is 10.7. The number of hydrogen-bond acceptors (Lipinski definition) is 3. The van der Waals surface area contributed by atoms with Crippen molar-refractivity contribution in [3.8, 4) is 0 Å². The third kappa shape index (κ3) is 1.93. The molecule has 22 heavy (non-hydrogen) atoms. The molecule has 0 bridgehead atoms. The zero-order valence-corrected chi connectivity index (χ0v) is 12.2. The van der Waals surface area contributed by atoms with Gasteiger partial charge in [-0.2, -0.15) is 0 Å². The summed E-state index contributed by atoms with van der Waals surface area (Å²) in [5.41, 5.74) is 6.46. The predicted octanol–water partition coefficient (Wildman–Crippen LogP) is 2.90. The van der Waals surface area contributed by atoms with E-state index in [0.29, 0.717) is 5.56 Å². The molecule has 0 amide bonds. The zero-order chi connectivity index (χ0) is 15.2. The number of aromatic nitrogens is 1. The highest BCUT2D eigenvalue weighted by Crippen LogP contribution is 2.35. The van der Waals surface area contributed by atoms with E-state index in [1.807, 2.05) is 55.7 Å². The van der Waals surface area contributed by atoms with Gasteiger partial charge in [0.15, 0.2) is 0 Å². The van der Waals surface area contributed by atoms with Crippen LogP contribution in [0.5, 0.6) is 0 Å². The number of rotatable bonds is 2. The molecule has 2 aromatic carbocycles. The number of aliphatic hydroxyl groups is 1. The number of fused-ring (bicyclic) bond motifs is 1. The molecule has 0 spiro atoms. The number of aryl methyl sites for hydroxylation is 1. The predicted molar refractivity (Wildman–Crippen MR) is 85.5 cm³/mol. The summed E-state index contributed by atoms with van der Waals surface area (Å²) in [6.07, 6.45) is 3.74. The first kappa shape index (κ1) is 13.1. The third-order valence-corrected chi connectivity index (χ3v) is 4.03. The number of para-hydroxylation sites is 1. The summed E-state index contributed by atoms with van der Waals surface area (Å²) < 4.78 is 2.06. The number of nitrogens with one attached hydrogen (secondary N) is 1. The molecule has 0 saturated heterocycles. The topological polar surface area (TPSA) is 46.4 Å². The first-order valence-corrected chi connectivity index (χ1v) is 7.16. The van der Waals surface area contributed by atoms with Crippen LogP contribution in [0.25, 0.3) is 16.6 Å². The monoisotopic (exact) mass is 292 g/mol. The second-order valence-electron chi connectivity index (χ2n) is 5.50. The van der Waals surface area contributed by atoms with Crippen LogP contribution in [0.2, 0.25) is 0 Å². The Morgan fingerprint density at radius 1 is 1.05 bits per heavy atom. The van der Waals surface area contributed by atoms with Gasteiger partial charge in [0.1, 0.15) is 0 Å². The second kappa shape index (κ2) is 4.73. The number of nitrogens with zero attached hydrogens (tertiary/aromatic N) is 1. The van der Waals surface area contributed by atoms with Crippen molar-refractivity contribution in [1.29, 1.82) is 0 Å². The van der Waals surface area contributed by atoms with E-state index in [1.54, 1.807) is 6.08 Å². The van der Waals surface area contributed by atoms with Gasteiger partial charge in [0.05, 0.1) is 5.70 Å². The summed E-state index contributed by atoms with van der Waals surface area (Å²) in [5, 5.41) is 11.8. The largest absolute Gasteiger partial charge is 0.357 e. The number of hydroxylamine groups is 1. The molecule has 2 N–H and O–H groups in total. The van der Waals surface area contributed by atoms with Crippen LogP contribution in [0.4, 0.5) is 0 Å². The van der Waals surface area contributed by atoms with Gasteiger partial charge in [-0.15, -0.1) is 0 Å². The minimum absolute atomic E-state index is 0.692. The lowest BCUT2D eigenvalue weighted by Gasteiger charge is -2.18. The molecule has 110 valence electrons. The third-order valence-electron chi connectivity index (χ3n) is 4.03. The van der Waals surface area contributed by atoms with Crippen LogP contribution in [-0.4, -0.2) is 9.67 Å². The number of benzene rings is 2. The fraction of sp³-hybridized carbons (Fsp3) is 0.111. The van der Waals surface area contributed by atoms with Crippen LogP contribution in [0, 0.1) is 0 Å². The summed E-state index contributed by atoms with van der Waals surface area (Å²) in [4.78, 5) is 5.46. The maximum absolute atomic E-state index is 10.7. The molecule has 1 atom stereocenters. The lowest BCUT2D eigenvalue weighted by Crippen LogP contribution is -2.26. The van der Waals surface area contributed by atoms with Gasteiger partial charge in [-0.3, -0.25) is 5.48 Å². The molecule has 1 unspecified atom stereocenters. The van der Waals surface area contributed by atoms with Gasteiger partial charge in [-0.25, -0.2) is 4.84 Å². The van der Waals surface area contributed by atoms with Crippen LogP contribution < -0.4 is 5.48 Å². The minimum atomic E-state index is -1.45. The molecule has 4 rings (SSSR count). The fourth-order valence-corrected chi connectivity index (χ4v) is 2.90. The Morgan fingerprint density at radius 3 is 2.59 bits per heavy atom. The van der Waals surface area contributed by atoms with Crippen molar-refractivity contribution in [1.82, 2.24) is 10.0 Å². The van der Waals surface area contributed by atoms with Gasteiger partial charge < -0.3 is 9.67 Å². The van der Waals surface area contributed by atoms with E-state index in [9.17, 15) is 5.11 Å². The molecule has 4 nitrogen and oxygen atoms in total. The summed E-state index contributed by atoms with van der Waals surface area (Å²) in [7, 11) is 2.01. The summed E-state index contributed by atoms with van der Waals surface area (Å²) in [5.74, 6) is -1.45. The van der Waals surface area contributed by atoms with Crippen LogP contribution in [0.15, 0.2) is 66.9 Å². The van der Waals surface area contributed by atoms with E-state index in [2.05, 4.69) is 22.2 Å². The highest BCUT2D eigenvalue weighted by atomic mass is 16.7. The Kier molecular flexibility index (Phi) is 2.82. The molecule has 0 fully saturated rings. The van der Waals surface area contributed by atoms with Gasteiger partial charge in [0.25, 0.3) is 0 Å². The average Bonchev–Trinajstić information content (AvgIpc) is 3.11. The van der Waals surface area contributed by atoms with Crippen molar-refractivity contribution >= 4 is 16.6 Å². The second-order valence-corrected chi connectivity index (χ2v) is 5.50. The van der Waals surface area contributed by atoms with E-state index in [-0.39, 0.29) is 0 Å². The summed E-state index contributed by atoms with van der Waals surface area (Å²) in [6, 6.07) is 17.5. The molecule has 4 heteroatoms. The molecular weight excluding hydrogens is 276 g/mol. The molecule has 3 aromatic rings. The fourth-order valence-electron chi connectivity index (χ4n) is 2.90. The highest BCUT2D eigenvalue weighted by Gasteiger charge is 2.35. The van der Waals surface area contributed by atoms with Crippen molar-refractivity contribution in [2.45, 2.75) is 5.79 Å². The van der Waals surface area contributed by atoms with Crippen LogP contribution in [-0.2, 0) is 17.7 Å². The lowest BCUT2D eigenvalue weighted by molar-refractivity contribution is -0.188. The summed E-state index contributed by atoms with van der Waals surface area (Å²) >= 11 is 0. The van der Waals surface area contributed by atoms with E-state index < -0.39 is 5.79 Å². The van der Waals surface area contributed by atoms with Crippen LogP contribution >= 0.6 is 0 Å². The van der Waals surface area contributed by atoms with Crippen molar-refractivity contribution in [3.63, 3.8) is 0 Å². The summed E-state index contributed by atoms with van der Waals surface area (Å²) in [6.45, 7) is 0. The van der Waals surface area contributed by atoms with Crippen molar-refractivity contribution < 1.29 is 9.94 Å². The Morgan fingerprint density at radius 2 is 1.77 bits per heavy atom. The molecule has 0 radical (unpaired) electrons. The van der Waals surface area contributed by atoms with E-state index >= 15 is 0 Å². The van der Waals surface area contributed by atoms with Crippen LogP contribution in [0.3, 0.4) is 0 Å². The van der Waals surface area contributed by atoms with Gasteiger partial charge in [-0.1, -0.05) is 48.5 Å². The SMILES string of the molecule is Cn1cc(C2=CC(O)(c3ccccc3)ON2)c2ccccc21. The van der Waals surface area contributed by atoms with Gasteiger partial charge in [0, 0.05) is 41.4 Å². The van der Waals surface area contributed by atoms with Gasteiger partial charge in [0.2, 0.25) is 5.79 Å². The maximum atomic E-state index is 10.7. The number of hydrogen-bond donors (Lipinski definition) is 2. The van der Waals surface area contributed by atoms with Crippen molar-refractivity contribution in [3.05, 3.63) is 78.0 Å². The molecule has 1 aliphatic heterocycles. The normalized spacial score (nSPS) is 20.9. The zero-order valence-electron chi connectivity index (χ0n) is 12.2. The van der Waals surface area contributed by atoms with Crippen molar-refractivity contribution in [2.24, 2.45) is 7.05 Å². The smallest absolute Gasteiger partial charge is 0.239 e. The molecule has 0 aliphatic carbocycles. The molecule has 1 aliphatic rings. The first-order valence-electron chi connectivity index (χ1n) is 7.16. The van der Waals surface area contributed by atoms with Crippen molar-refractivity contribution in [2.75, 3.05) is 0 Å². The minimum Gasteiger partial charge on any atom is -0.357 e. The van der Waals surface area contributed by atoms with E-state index in [4.69, 9.17) is 4.84 Å². The van der Waals surface area contributed by atoms with E-state index in [1.165, 1.54) is 0 Å². The lowest BCUT2D eigenvalue weighted by atomic mass is 10.0. The van der Waals surface area contributed by atoms with E-state index in [0.717, 1.165) is 22.2 Å². The average molecular weight is 292 g/mol. The molecule has 0 saturated carbocycles.